The first-order valence-electron chi connectivity index (χ1n) is 9.87. The molecule has 5 nitrogen and oxygen atoms in total. The van der Waals surface area contributed by atoms with E-state index in [2.05, 4.69) is 6.92 Å². The average molecular weight is 354 g/mol. The minimum Gasteiger partial charge on any atom is -0.457 e. The summed E-state index contributed by atoms with van der Waals surface area (Å²) in [5, 5.41) is 0. The Morgan fingerprint density at radius 2 is 1.81 bits per heavy atom. The summed E-state index contributed by atoms with van der Waals surface area (Å²) < 4.78 is 12.2. The molecule has 2 saturated carbocycles. The Bertz CT molecular complexity index is 822. The standard InChI is InChI=1S/C21H22O5/c1-9-8-25-19-16-14(23)5-4-13(22)15(16)18-17-11(20(24)26-18)2-3-12-10(9)6-7-21(12,17)19/h4-5,9-12,17-19H,2-3,6-8H2,1H3/t9-,10-,11-,12-,17+,18+,19+,21-/m0/s1. The third-order valence-electron chi connectivity index (χ3n) is 8.33. The van der Waals surface area contributed by atoms with E-state index in [1.165, 1.54) is 12.2 Å². The van der Waals surface area contributed by atoms with E-state index in [4.69, 9.17) is 9.47 Å². The quantitative estimate of drug-likeness (QED) is 0.492. The zero-order valence-electron chi connectivity index (χ0n) is 14.8. The van der Waals surface area contributed by atoms with Crippen molar-refractivity contribution in [1.82, 2.24) is 0 Å². The molecular formula is C21H22O5. The van der Waals surface area contributed by atoms with Crippen molar-refractivity contribution in [3.63, 3.8) is 0 Å². The summed E-state index contributed by atoms with van der Waals surface area (Å²) in [5.74, 6) is 0.775. The Balaban J connectivity index is 1.64. The summed E-state index contributed by atoms with van der Waals surface area (Å²) in [6.45, 7) is 2.86. The average Bonchev–Trinajstić information content (AvgIpc) is 3.13. The molecule has 0 N–H and O–H groups in total. The van der Waals surface area contributed by atoms with E-state index in [1.54, 1.807) is 0 Å². The summed E-state index contributed by atoms with van der Waals surface area (Å²) in [6.07, 6.45) is 5.70. The minimum absolute atomic E-state index is 0.0175. The van der Waals surface area contributed by atoms with Crippen molar-refractivity contribution in [2.45, 2.75) is 44.8 Å². The second kappa shape index (κ2) is 4.75. The Morgan fingerprint density at radius 3 is 2.62 bits per heavy atom. The lowest BCUT2D eigenvalue weighted by Gasteiger charge is -2.55. The molecule has 26 heavy (non-hydrogen) atoms. The fourth-order valence-corrected chi connectivity index (χ4v) is 7.51. The van der Waals surface area contributed by atoms with Crippen LogP contribution in [0.4, 0.5) is 0 Å². The number of allylic oxidation sites excluding steroid dienone is 2. The van der Waals surface area contributed by atoms with Gasteiger partial charge in [0.15, 0.2) is 11.6 Å². The van der Waals surface area contributed by atoms with Crippen molar-refractivity contribution in [2.75, 3.05) is 6.61 Å². The molecule has 0 amide bonds. The number of fused-ring (bicyclic) bond motifs is 2. The molecule has 6 rings (SSSR count). The highest BCUT2D eigenvalue weighted by Crippen LogP contribution is 2.70. The molecule has 2 heterocycles. The molecule has 6 aliphatic rings. The molecule has 2 saturated heterocycles. The highest BCUT2D eigenvalue weighted by Gasteiger charge is 2.72. The fraction of sp³-hybridized carbons (Fsp3) is 0.667. The number of carbonyl (C=O) groups excluding carboxylic acids is 3. The van der Waals surface area contributed by atoms with Crippen LogP contribution in [0.15, 0.2) is 23.3 Å². The van der Waals surface area contributed by atoms with Crippen LogP contribution in [-0.4, -0.2) is 36.4 Å². The van der Waals surface area contributed by atoms with E-state index in [0.717, 1.165) is 25.7 Å². The lowest BCUT2D eigenvalue weighted by atomic mass is 9.48. The van der Waals surface area contributed by atoms with Crippen molar-refractivity contribution in [2.24, 2.45) is 35.0 Å². The van der Waals surface area contributed by atoms with Gasteiger partial charge in [0.05, 0.1) is 18.6 Å². The summed E-state index contributed by atoms with van der Waals surface area (Å²) in [5.41, 5.74) is 0.677. The van der Waals surface area contributed by atoms with Crippen LogP contribution in [0.3, 0.4) is 0 Å². The number of ketones is 2. The minimum atomic E-state index is -0.557. The molecule has 0 radical (unpaired) electrons. The van der Waals surface area contributed by atoms with Crippen LogP contribution in [-0.2, 0) is 23.9 Å². The maximum Gasteiger partial charge on any atom is 0.310 e. The van der Waals surface area contributed by atoms with Gasteiger partial charge in [-0.05, 0) is 55.6 Å². The maximum atomic E-state index is 12.9. The molecule has 0 aromatic heterocycles. The third-order valence-corrected chi connectivity index (χ3v) is 8.33. The molecule has 136 valence electrons. The van der Waals surface area contributed by atoms with Crippen molar-refractivity contribution in [3.8, 4) is 0 Å². The van der Waals surface area contributed by atoms with Crippen molar-refractivity contribution in [1.29, 1.82) is 0 Å². The van der Waals surface area contributed by atoms with E-state index in [9.17, 15) is 14.4 Å². The van der Waals surface area contributed by atoms with Gasteiger partial charge in [0.1, 0.15) is 6.10 Å². The van der Waals surface area contributed by atoms with E-state index in [1.807, 2.05) is 0 Å². The second-order valence-corrected chi connectivity index (χ2v) is 9.07. The van der Waals surface area contributed by atoms with Gasteiger partial charge in [0, 0.05) is 22.5 Å². The fourth-order valence-electron chi connectivity index (χ4n) is 7.51. The lowest BCUT2D eigenvalue weighted by Crippen LogP contribution is -2.59. The molecule has 1 spiro atoms. The zero-order chi connectivity index (χ0) is 17.8. The second-order valence-electron chi connectivity index (χ2n) is 9.07. The van der Waals surface area contributed by atoms with Crippen LogP contribution in [0.25, 0.3) is 0 Å². The molecular weight excluding hydrogens is 332 g/mol. The van der Waals surface area contributed by atoms with Gasteiger partial charge in [-0.3, -0.25) is 14.4 Å². The number of ether oxygens (including phenoxy) is 2. The van der Waals surface area contributed by atoms with E-state index in [0.29, 0.717) is 35.5 Å². The molecule has 0 aromatic carbocycles. The molecule has 0 aromatic rings. The van der Waals surface area contributed by atoms with Gasteiger partial charge in [0.25, 0.3) is 0 Å². The summed E-state index contributed by atoms with van der Waals surface area (Å²) in [7, 11) is 0. The van der Waals surface area contributed by atoms with Crippen LogP contribution in [0.5, 0.6) is 0 Å². The first-order valence-corrected chi connectivity index (χ1v) is 9.87. The first-order chi connectivity index (χ1) is 12.5. The van der Waals surface area contributed by atoms with Crippen molar-refractivity contribution < 1.29 is 23.9 Å². The van der Waals surface area contributed by atoms with Crippen LogP contribution in [0, 0.1) is 35.0 Å². The van der Waals surface area contributed by atoms with Gasteiger partial charge in [-0.1, -0.05) is 6.92 Å². The molecule has 5 heteroatoms. The van der Waals surface area contributed by atoms with Crippen LogP contribution in [0.2, 0.25) is 0 Å². The number of hydrogen-bond acceptors (Lipinski definition) is 5. The van der Waals surface area contributed by atoms with Crippen molar-refractivity contribution in [3.05, 3.63) is 23.3 Å². The van der Waals surface area contributed by atoms with Crippen LogP contribution >= 0.6 is 0 Å². The molecule has 0 unspecified atom stereocenters. The van der Waals surface area contributed by atoms with Crippen LogP contribution in [0.1, 0.15) is 32.6 Å². The predicted molar refractivity (Wildman–Crippen MR) is 89.8 cm³/mol. The highest BCUT2D eigenvalue weighted by molar-refractivity contribution is 6.21. The van der Waals surface area contributed by atoms with E-state index in [-0.39, 0.29) is 40.9 Å². The molecule has 8 atom stereocenters. The van der Waals surface area contributed by atoms with E-state index < -0.39 is 6.10 Å². The zero-order valence-corrected chi connectivity index (χ0v) is 14.8. The topological polar surface area (TPSA) is 69.7 Å². The smallest absolute Gasteiger partial charge is 0.310 e. The predicted octanol–water partition coefficient (Wildman–Crippen LogP) is 2.00. The van der Waals surface area contributed by atoms with Gasteiger partial charge >= 0.3 is 5.97 Å². The third kappa shape index (κ3) is 1.52. The monoisotopic (exact) mass is 354 g/mol. The lowest BCUT2D eigenvalue weighted by molar-refractivity contribution is -0.143. The SMILES string of the molecule is C[C@H]1CO[C@@H]2C3=C(C(=O)C=CC3=O)[C@H]3OC(=O)[C@H]4CC[C@H]5[C@H]1CC[C@]25[C@H]43. The Labute approximate surface area is 151 Å². The molecule has 4 aliphatic carbocycles. The van der Waals surface area contributed by atoms with Crippen molar-refractivity contribution >= 4 is 17.5 Å². The Kier molecular flexibility index (Phi) is 2.80. The van der Waals surface area contributed by atoms with Gasteiger partial charge in [0.2, 0.25) is 0 Å². The summed E-state index contributed by atoms with van der Waals surface area (Å²) in [6, 6.07) is 0. The number of esters is 1. The van der Waals surface area contributed by atoms with Gasteiger partial charge in [-0.25, -0.2) is 0 Å². The number of hydrogen-bond donors (Lipinski definition) is 0. The summed E-state index contributed by atoms with van der Waals surface area (Å²) >= 11 is 0. The van der Waals surface area contributed by atoms with Crippen LogP contribution < -0.4 is 0 Å². The molecule has 4 fully saturated rings. The first kappa shape index (κ1) is 15.3. The van der Waals surface area contributed by atoms with Gasteiger partial charge in [-0.15, -0.1) is 0 Å². The number of carbonyl (C=O) groups is 3. The number of rotatable bonds is 0. The van der Waals surface area contributed by atoms with E-state index >= 15 is 0 Å². The molecule has 2 bridgehead atoms. The normalized spacial score (nSPS) is 51.1. The highest BCUT2D eigenvalue weighted by atomic mass is 16.6. The largest absolute Gasteiger partial charge is 0.457 e. The molecule has 2 aliphatic heterocycles. The maximum absolute atomic E-state index is 12.9. The Morgan fingerprint density at radius 1 is 1.04 bits per heavy atom. The van der Waals surface area contributed by atoms with Gasteiger partial charge < -0.3 is 9.47 Å². The van der Waals surface area contributed by atoms with Gasteiger partial charge in [-0.2, -0.15) is 0 Å². The Hall–Kier alpha value is -1.75. The summed E-state index contributed by atoms with van der Waals surface area (Å²) in [4.78, 5) is 38.2.